The van der Waals surface area contributed by atoms with E-state index in [0.29, 0.717) is 6.42 Å². The van der Waals surface area contributed by atoms with E-state index in [-0.39, 0.29) is 23.8 Å². The number of ether oxygens (including phenoxy) is 1. The Bertz CT molecular complexity index is 461. The van der Waals surface area contributed by atoms with E-state index in [4.69, 9.17) is 4.74 Å². The molecule has 0 aromatic heterocycles. The number of hydrogen-bond donors (Lipinski definition) is 3. The van der Waals surface area contributed by atoms with E-state index in [1.54, 1.807) is 6.92 Å². The van der Waals surface area contributed by atoms with Crippen molar-refractivity contribution < 1.29 is 24.9 Å². The summed E-state index contributed by atoms with van der Waals surface area (Å²) < 4.78 is 5.32. The maximum atomic E-state index is 11.7. The highest BCUT2D eigenvalue weighted by atomic mass is 16.6. The lowest BCUT2D eigenvalue weighted by atomic mass is 9.67. The van der Waals surface area contributed by atoms with E-state index in [9.17, 15) is 20.1 Å². The molecule has 3 aliphatic rings. The van der Waals surface area contributed by atoms with Crippen LogP contribution in [0.1, 0.15) is 26.7 Å². The van der Waals surface area contributed by atoms with Crippen molar-refractivity contribution in [1.82, 2.24) is 0 Å². The Morgan fingerprint density at radius 2 is 1.95 bits per heavy atom. The van der Waals surface area contributed by atoms with E-state index >= 15 is 0 Å². The molecule has 0 radical (unpaired) electrons. The van der Waals surface area contributed by atoms with Crippen LogP contribution in [0.25, 0.3) is 0 Å². The molecule has 3 fully saturated rings. The van der Waals surface area contributed by atoms with Crippen LogP contribution in [0.15, 0.2) is 12.2 Å². The van der Waals surface area contributed by atoms with Crippen LogP contribution in [-0.4, -0.2) is 45.7 Å². The van der Waals surface area contributed by atoms with Gasteiger partial charge < -0.3 is 20.1 Å². The first kappa shape index (κ1) is 14.0. The third-order valence-corrected chi connectivity index (χ3v) is 5.83. The first-order valence-corrected chi connectivity index (χ1v) is 7.22. The molecule has 20 heavy (non-hydrogen) atoms. The smallest absolute Gasteiger partial charge is 0.334 e. The van der Waals surface area contributed by atoms with Gasteiger partial charge in [-0.15, -0.1) is 0 Å². The van der Waals surface area contributed by atoms with Gasteiger partial charge in [-0.3, -0.25) is 0 Å². The number of hydrogen-bond acceptors (Lipinski definition) is 5. The van der Waals surface area contributed by atoms with Crippen LogP contribution in [0.4, 0.5) is 0 Å². The van der Waals surface area contributed by atoms with Crippen LogP contribution < -0.4 is 0 Å². The molecule has 0 aromatic rings. The second-order valence-corrected chi connectivity index (χ2v) is 6.86. The van der Waals surface area contributed by atoms with Crippen molar-refractivity contribution in [3.8, 4) is 0 Å². The maximum absolute atomic E-state index is 11.7. The summed E-state index contributed by atoms with van der Waals surface area (Å²) in [7, 11) is 0. The summed E-state index contributed by atoms with van der Waals surface area (Å²) in [5, 5.41) is 31.4. The Hall–Kier alpha value is -0.910. The number of aliphatic hydroxyl groups is 3. The molecule has 0 bridgehead atoms. The number of aliphatic hydroxyl groups excluding tert-OH is 3. The lowest BCUT2D eigenvalue weighted by Gasteiger charge is -2.41. The zero-order valence-electron chi connectivity index (χ0n) is 11.8. The zero-order chi connectivity index (χ0) is 14.8. The van der Waals surface area contributed by atoms with Gasteiger partial charge in [-0.05, 0) is 18.3 Å². The molecule has 0 aromatic carbocycles. The molecule has 0 spiro atoms. The van der Waals surface area contributed by atoms with Crippen molar-refractivity contribution in [3.63, 3.8) is 0 Å². The molecular formula is C15H22O5. The fourth-order valence-corrected chi connectivity index (χ4v) is 4.79. The second kappa shape index (κ2) is 4.29. The molecule has 1 aliphatic heterocycles. The van der Waals surface area contributed by atoms with Crippen LogP contribution in [0.2, 0.25) is 0 Å². The van der Waals surface area contributed by atoms with Gasteiger partial charge in [0.15, 0.2) is 0 Å². The molecule has 0 amide bonds. The minimum Gasteiger partial charge on any atom is -0.458 e. The molecule has 3 N–H and O–H groups in total. The van der Waals surface area contributed by atoms with E-state index in [1.807, 2.05) is 6.92 Å². The topological polar surface area (TPSA) is 87.0 Å². The third kappa shape index (κ3) is 1.57. The predicted molar refractivity (Wildman–Crippen MR) is 70.5 cm³/mol. The molecule has 5 heteroatoms. The van der Waals surface area contributed by atoms with Gasteiger partial charge in [0.25, 0.3) is 0 Å². The Labute approximate surface area is 118 Å². The summed E-state index contributed by atoms with van der Waals surface area (Å²) in [6, 6.07) is 0. The quantitative estimate of drug-likeness (QED) is 0.437. The van der Waals surface area contributed by atoms with Crippen molar-refractivity contribution in [3.05, 3.63) is 12.2 Å². The molecule has 8 atom stereocenters. The molecular weight excluding hydrogens is 260 g/mol. The minimum absolute atomic E-state index is 0.0514. The zero-order valence-corrected chi connectivity index (χ0v) is 11.8. The lowest BCUT2D eigenvalue weighted by Crippen LogP contribution is -2.49. The standard InChI is InChI=1S/C15H22O5/c1-6-4-9-11(7(2)14(19)20-9)13(18)15(3)10(17)5-8(16)12(6)15/h6,8-13,16-18H,2,4-5H2,1,3H3/t6-,8+,9-,10-,11-,12-,13+,15-/m1/s1. The van der Waals surface area contributed by atoms with Crippen LogP contribution >= 0.6 is 0 Å². The Morgan fingerprint density at radius 3 is 2.60 bits per heavy atom. The fourth-order valence-electron chi connectivity index (χ4n) is 4.79. The molecule has 2 aliphatic carbocycles. The molecule has 1 heterocycles. The van der Waals surface area contributed by atoms with Crippen LogP contribution in [0, 0.1) is 23.2 Å². The number of carbonyl (C=O) groups excluding carboxylic acids is 1. The molecule has 2 saturated carbocycles. The van der Waals surface area contributed by atoms with Crippen LogP contribution in [-0.2, 0) is 9.53 Å². The average molecular weight is 282 g/mol. The molecule has 112 valence electrons. The number of rotatable bonds is 0. The van der Waals surface area contributed by atoms with E-state index in [0.717, 1.165) is 0 Å². The van der Waals surface area contributed by atoms with E-state index in [1.165, 1.54) is 0 Å². The highest BCUT2D eigenvalue weighted by Gasteiger charge is 2.63. The summed E-state index contributed by atoms with van der Waals surface area (Å²) in [6.45, 7) is 7.53. The number of esters is 1. The van der Waals surface area contributed by atoms with Gasteiger partial charge in [-0.25, -0.2) is 4.79 Å². The SMILES string of the molecule is C=C1C(=O)O[C@@H]2C[C@@H](C)[C@@H]3[C@@H](O)C[C@@H](O)[C@@]3(C)[C@@H](O)[C@H]12. The summed E-state index contributed by atoms with van der Waals surface area (Å²) >= 11 is 0. The normalized spacial score (nSPS) is 55.1. The van der Waals surface area contributed by atoms with Gasteiger partial charge >= 0.3 is 5.97 Å². The first-order valence-electron chi connectivity index (χ1n) is 7.22. The summed E-state index contributed by atoms with van der Waals surface area (Å²) in [5.41, 5.74) is -0.556. The first-order chi connectivity index (χ1) is 9.28. The van der Waals surface area contributed by atoms with Crippen molar-refractivity contribution in [2.45, 2.75) is 51.1 Å². The summed E-state index contributed by atoms with van der Waals surface area (Å²) in [4.78, 5) is 11.7. The van der Waals surface area contributed by atoms with Crippen molar-refractivity contribution in [2.24, 2.45) is 23.2 Å². The largest absolute Gasteiger partial charge is 0.458 e. The second-order valence-electron chi connectivity index (χ2n) is 6.86. The molecule has 5 nitrogen and oxygen atoms in total. The fraction of sp³-hybridized carbons (Fsp3) is 0.800. The van der Waals surface area contributed by atoms with Crippen molar-refractivity contribution in [2.75, 3.05) is 0 Å². The number of carbonyl (C=O) groups is 1. The Kier molecular flexibility index (Phi) is 3.01. The van der Waals surface area contributed by atoms with Gasteiger partial charge in [0, 0.05) is 17.4 Å². The summed E-state index contributed by atoms with van der Waals surface area (Å²) in [6.07, 6.45) is -1.92. The monoisotopic (exact) mass is 282 g/mol. The summed E-state index contributed by atoms with van der Waals surface area (Å²) in [5.74, 6) is -1.10. The van der Waals surface area contributed by atoms with Crippen LogP contribution in [0.5, 0.6) is 0 Å². The van der Waals surface area contributed by atoms with Crippen molar-refractivity contribution >= 4 is 5.97 Å². The number of fused-ring (bicyclic) bond motifs is 2. The lowest BCUT2D eigenvalue weighted by molar-refractivity contribution is -0.140. The molecule has 1 saturated heterocycles. The maximum Gasteiger partial charge on any atom is 0.334 e. The van der Waals surface area contributed by atoms with Gasteiger partial charge in [0.05, 0.1) is 24.2 Å². The minimum atomic E-state index is -0.937. The highest BCUT2D eigenvalue weighted by molar-refractivity contribution is 5.91. The molecule has 0 unspecified atom stereocenters. The molecule has 3 rings (SSSR count). The van der Waals surface area contributed by atoms with E-state index < -0.39 is 41.7 Å². The van der Waals surface area contributed by atoms with Gasteiger partial charge in [-0.2, -0.15) is 0 Å². The Morgan fingerprint density at radius 1 is 1.30 bits per heavy atom. The predicted octanol–water partition coefficient (Wildman–Crippen LogP) is 0.233. The van der Waals surface area contributed by atoms with Gasteiger partial charge in [0.2, 0.25) is 0 Å². The average Bonchev–Trinajstić information content (AvgIpc) is 2.72. The highest BCUT2D eigenvalue weighted by Crippen LogP contribution is 2.56. The van der Waals surface area contributed by atoms with E-state index in [2.05, 4.69) is 6.58 Å². The Balaban J connectivity index is 2.06. The van der Waals surface area contributed by atoms with Gasteiger partial charge in [-0.1, -0.05) is 20.4 Å². The van der Waals surface area contributed by atoms with Gasteiger partial charge in [0.1, 0.15) is 6.10 Å². The van der Waals surface area contributed by atoms with Crippen molar-refractivity contribution in [1.29, 1.82) is 0 Å². The van der Waals surface area contributed by atoms with Crippen LogP contribution in [0.3, 0.4) is 0 Å². The third-order valence-electron chi connectivity index (χ3n) is 5.83.